The molecule has 0 amide bonds. The van der Waals surface area contributed by atoms with Gasteiger partial charge in [0.2, 0.25) is 0 Å². The molecule has 1 saturated carbocycles. The van der Waals surface area contributed by atoms with Crippen LogP contribution in [0.5, 0.6) is 0 Å². The second-order valence-corrected chi connectivity index (χ2v) is 8.49. The van der Waals surface area contributed by atoms with Crippen molar-refractivity contribution >= 4 is 11.3 Å². The standard InChI is InChI=1S/C20H25FN2OS/c1-2-20(24)9-3-4-15-10-23(11-17(15)20)12-19-22-18(13-25-19)14-5-7-16(21)8-6-14/h5-8,13,15,17,24H,2-4,9-12H2,1H3/t15-,17+,20-/m1/s1. The number of rotatable bonds is 4. The van der Waals surface area contributed by atoms with Crippen molar-refractivity contribution in [2.75, 3.05) is 13.1 Å². The minimum Gasteiger partial charge on any atom is -0.390 e. The fraction of sp³-hybridized carbons (Fsp3) is 0.550. The molecule has 1 N–H and O–H groups in total. The fourth-order valence-corrected chi connectivity index (χ4v) is 5.46. The molecule has 25 heavy (non-hydrogen) atoms. The molecule has 1 aromatic heterocycles. The van der Waals surface area contributed by atoms with Crippen molar-refractivity contribution in [2.24, 2.45) is 11.8 Å². The van der Waals surface area contributed by atoms with Gasteiger partial charge in [0.1, 0.15) is 10.8 Å². The molecule has 0 unspecified atom stereocenters. The summed E-state index contributed by atoms with van der Waals surface area (Å²) in [6, 6.07) is 6.51. The summed E-state index contributed by atoms with van der Waals surface area (Å²) in [5.74, 6) is 0.806. The lowest BCUT2D eigenvalue weighted by Crippen LogP contribution is -2.44. The first kappa shape index (κ1) is 17.1. The summed E-state index contributed by atoms with van der Waals surface area (Å²) in [5.41, 5.74) is 1.40. The van der Waals surface area contributed by atoms with Gasteiger partial charge in [-0.15, -0.1) is 11.3 Å². The Hall–Kier alpha value is -1.30. The molecule has 2 aliphatic rings. The fourth-order valence-electron chi connectivity index (χ4n) is 4.61. The number of hydrogen-bond donors (Lipinski definition) is 1. The Bertz CT molecular complexity index is 732. The average Bonchev–Trinajstić information content (AvgIpc) is 3.24. The molecule has 0 bridgehead atoms. The molecule has 3 atom stereocenters. The summed E-state index contributed by atoms with van der Waals surface area (Å²) in [4.78, 5) is 7.19. The number of likely N-dealkylation sites (tertiary alicyclic amines) is 1. The topological polar surface area (TPSA) is 36.4 Å². The van der Waals surface area contributed by atoms with Gasteiger partial charge >= 0.3 is 0 Å². The van der Waals surface area contributed by atoms with E-state index in [0.29, 0.717) is 11.8 Å². The van der Waals surface area contributed by atoms with Gasteiger partial charge in [-0.1, -0.05) is 13.3 Å². The molecule has 1 aromatic carbocycles. The third kappa shape index (κ3) is 3.37. The maximum absolute atomic E-state index is 13.1. The number of hydrogen-bond acceptors (Lipinski definition) is 4. The van der Waals surface area contributed by atoms with E-state index >= 15 is 0 Å². The molecular formula is C20H25FN2OS. The largest absolute Gasteiger partial charge is 0.390 e. The summed E-state index contributed by atoms with van der Waals surface area (Å²) in [5, 5.41) is 14.1. The predicted molar refractivity (Wildman–Crippen MR) is 98.9 cm³/mol. The zero-order chi connectivity index (χ0) is 17.4. The summed E-state index contributed by atoms with van der Waals surface area (Å²) in [6.45, 7) is 5.00. The first-order valence-electron chi connectivity index (χ1n) is 9.22. The van der Waals surface area contributed by atoms with Gasteiger partial charge in [-0.3, -0.25) is 4.90 Å². The van der Waals surface area contributed by atoms with Gasteiger partial charge in [0.25, 0.3) is 0 Å². The molecule has 1 aliphatic carbocycles. The van der Waals surface area contributed by atoms with Crippen LogP contribution in [-0.4, -0.2) is 33.7 Å². The van der Waals surface area contributed by atoms with Crippen LogP contribution in [0.4, 0.5) is 4.39 Å². The Kier molecular flexibility index (Phi) is 4.65. The van der Waals surface area contributed by atoms with Crippen molar-refractivity contribution in [3.05, 3.63) is 40.5 Å². The van der Waals surface area contributed by atoms with Crippen LogP contribution in [0.15, 0.2) is 29.6 Å². The molecule has 1 saturated heterocycles. The van der Waals surface area contributed by atoms with Crippen molar-refractivity contribution < 1.29 is 9.50 Å². The van der Waals surface area contributed by atoms with Gasteiger partial charge in [-0.05, 0) is 49.4 Å². The van der Waals surface area contributed by atoms with Crippen molar-refractivity contribution in [1.29, 1.82) is 0 Å². The molecule has 5 heteroatoms. The van der Waals surface area contributed by atoms with Gasteiger partial charge in [-0.2, -0.15) is 0 Å². The van der Waals surface area contributed by atoms with E-state index in [4.69, 9.17) is 4.98 Å². The van der Waals surface area contributed by atoms with E-state index in [2.05, 4.69) is 11.8 Å². The Morgan fingerprint density at radius 2 is 2.12 bits per heavy atom. The lowest BCUT2D eigenvalue weighted by Gasteiger charge is -2.40. The number of aliphatic hydroxyl groups is 1. The molecular weight excluding hydrogens is 335 g/mol. The van der Waals surface area contributed by atoms with Crippen LogP contribution >= 0.6 is 11.3 Å². The lowest BCUT2D eigenvalue weighted by atomic mass is 9.69. The molecule has 3 nitrogen and oxygen atoms in total. The molecule has 2 aromatic rings. The molecule has 2 fully saturated rings. The quantitative estimate of drug-likeness (QED) is 0.882. The SMILES string of the molecule is CC[C@@]1(O)CCC[C@@H]2CN(Cc3nc(-c4ccc(F)cc4)cs3)C[C@@H]21. The maximum atomic E-state index is 13.1. The zero-order valence-corrected chi connectivity index (χ0v) is 15.4. The van der Waals surface area contributed by atoms with E-state index in [1.807, 2.05) is 5.38 Å². The third-order valence-corrected chi connectivity index (χ3v) is 6.89. The van der Waals surface area contributed by atoms with Crippen LogP contribution in [0, 0.1) is 17.7 Å². The van der Waals surface area contributed by atoms with Gasteiger partial charge in [0.15, 0.2) is 0 Å². The summed E-state index contributed by atoms with van der Waals surface area (Å²) in [7, 11) is 0. The number of benzene rings is 1. The summed E-state index contributed by atoms with van der Waals surface area (Å²) in [6.07, 6.45) is 4.19. The normalized spacial score (nSPS) is 29.7. The number of halogens is 1. The van der Waals surface area contributed by atoms with E-state index in [-0.39, 0.29) is 5.82 Å². The highest BCUT2D eigenvalue weighted by Crippen LogP contribution is 2.44. The van der Waals surface area contributed by atoms with Gasteiger partial charge in [-0.25, -0.2) is 9.37 Å². The van der Waals surface area contributed by atoms with Crippen LogP contribution in [0.25, 0.3) is 11.3 Å². The van der Waals surface area contributed by atoms with Crippen LogP contribution in [0.2, 0.25) is 0 Å². The molecule has 134 valence electrons. The van der Waals surface area contributed by atoms with Crippen molar-refractivity contribution in [1.82, 2.24) is 9.88 Å². The van der Waals surface area contributed by atoms with E-state index in [0.717, 1.165) is 55.2 Å². The number of thiazole rings is 1. The van der Waals surface area contributed by atoms with Gasteiger partial charge < -0.3 is 5.11 Å². The second-order valence-electron chi connectivity index (χ2n) is 7.54. The molecule has 4 rings (SSSR count). The van der Waals surface area contributed by atoms with Crippen molar-refractivity contribution in [2.45, 2.75) is 44.8 Å². The summed E-state index contributed by atoms with van der Waals surface area (Å²) < 4.78 is 13.1. The minimum atomic E-state index is -0.472. The third-order valence-electron chi connectivity index (χ3n) is 6.05. The van der Waals surface area contributed by atoms with E-state index in [1.54, 1.807) is 23.5 Å². The Morgan fingerprint density at radius 1 is 1.32 bits per heavy atom. The second kappa shape index (κ2) is 6.78. The highest BCUT2D eigenvalue weighted by molar-refractivity contribution is 7.09. The highest BCUT2D eigenvalue weighted by atomic mass is 32.1. The molecule has 1 aliphatic heterocycles. The van der Waals surface area contributed by atoms with E-state index in [9.17, 15) is 9.50 Å². The van der Waals surface area contributed by atoms with Gasteiger partial charge in [0, 0.05) is 30.0 Å². The summed E-state index contributed by atoms with van der Waals surface area (Å²) >= 11 is 1.67. The molecule has 0 spiro atoms. The molecule has 0 radical (unpaired) electrons. The smallest absolute Gasteiger partial charge is 0.123 e. The van der Waals surface area contributed by atoms with E-state index in [1.165, 1.54) is 18.6 Å². The molecule has 2 heterocycles. The first-order chi connectivity index (χ1) is 12.1. The van der Waals surface area contributed by atoms with E-state index < -0.39 is 5.60 Å². The number of nitrogens with zero attached hydrogens (tertiary/aromatic N) is 2. The first-order valence-corrected chi connectivity index (χ1v) is 10.1. The minimum absolute atomic E-state index is 0.220. The Labute approximate surface area is 152 Å². The lowest BCUT2D eigenvalue weighted by molar-refractivity contribution is -0.0613. The van der Waals surface area contributed by atoms with Crippen LogP contribution in [-0.2, 0) is 6.54 Å². The highest BCUT2D eigenvalue weighted by Gasteiger charge is 2.47. The van der Waals surface area contributed by atoms with Crippen molar-refractivity contribution in [3.8, 4) is 11.3 Å². The van der Waals surface area contributed by atoms with Crippen LogP contribution in [0.3, 0.4) is 0 Å². The Morgan fingerprint density at radius 3 is 2.88 bits per heavy atom. The van der Waals surface area contributed by atoms with Crippen LogP contribution in [0.1, 0.15) is 37.6 Å². The Balaban J connectivity index is 1.44. The monoisotopic (exact) mass is 360 g/mol. The van der Waals surface area contributed by atoms with Crippen molar-refractivity contribution in [3.63, 3.8) is 0 Å². The van der Waals surface area contributed by atoms with Crippen LogP contribution < -0.4 is 0 Å². The maximum Gasteiger partial charge on any atom is 0.123 e. The zero-order valence-electron chi connectivity index (χ0n) is 14.6. The predicted octanol–water partition coefficient (Wildman–Crippen LogP) is 4.32. The number of aromatic nitrogens is 1. The average molecular weight is 360 g/mol. The number of fused-ring (bicyclic) bond motifs is 1. The van der Waals surface area contributed by atoms with Gasteiger partial charge in [0.05, 0.1) is 17.8 Å².